The van der Waals surface area contributed by atoms with E-state index in [1.165, 1.54) is 32.1 Å². The lowest BCUT2D eigenvalue weighted by Gasteiger charge is -2.14. The minimum Gasteiger partial charge on any atom is -0.493 e. The fraction of sp³-hybridized carbons (Fsp3) is 0.250. The SMILES string of the molecule is COc1cc(Cn2cc(C#CBr)c(=O)[nH]c2=O)cc(OC)c1OC. The Kier molecular flexibility index (Phi) is 5.71. The van der Waals surface area contributed by atoms with Crippen molar-refractivity contribution < 1.29 is 14.2 Å². The molecule has 0 aliphatic heterocycles. The zero-order valence-corrected chi connectivity index (χ0v) is 14.9. The standard InChI is InChI=1S/C16H15BrN2O5/c1-22-12-6-10(7-13(23-2)14(12)24-3)8-19-9-11(4-5-17)15(20)18-16(19)21/h6-7,9H,8H2,1-3H3,(H,18,20,21). The molecule has 7 nitrogen and oxygen atoms in total. The average molecular weight is 395 g/mol. The minimum absolute atomic E-state index is 0.180. The molecule has 126 valence electrons. The number of H-pyrrole nitrogens is 1. The van der Waals surface area contributed by atoms with Crippen molar-refractivity contribution in [1.82, 2.24) is 9.55 Å². The van der Waals surface area contributed by atoms with Gasteiger partial charge in [0.15, 0.2) is 11.5 Å². The third-order valence-corrected chi connectivity index (χ3v) is 3.47. The number of rotatable bonds is 5. The van der Waals surface area contributed by atoms with E-state index in [0.717, 1.165) is 5.56 Å². The van der Waals surface area contributed by atoms with E-state index >= 15 is 0 Å². The van der Waals surface area contributed by atoms with Crippen LogP contribution in [-0.2, 0) is 6.54 Å². The van der Waals surface area contributed by atoms with E-state index in [0.29, 0.717) is 17.2 Å². The van der Waals surface area contributed by atoms with Crippen LogP contribution in [0, 0.1) is 10.8 Å². The van der Waals surface area contributed by atoms with Crippen LogP contribution in [0.25, 0.3) is 0 Å². The maximum Gasteiger partial charge on any atom is 0.328 e. The molecule has 0 aliphatic rings. The number of aromatic amines is 1. The van der Waals surface area contributed by atoms with E-state index in [9.17, 15) is 9.59 Å². The largest absolute Gasteiger partial charge is 0.493 e. The fourth-order valence-corrected chi connectivity index (χ4v) is 2.40. The zero-order valence-electron chi connectivity index (χ0n) is 13.3. The summed E-state index contributed by atoms with van der Waals surface area (Å²) in [6.07, 6.45) is 1.40. The Balaban J connectivity index is 2.51. The van der Waals surface area contributed by atoms with Gasteiger partial charge in [-0.15, -0.1) is 0 Å². The second-order valence-corrected chi connectivity index (χ2v) is 5.08. The first kappa shape index (κ1) is 17.7. The normalized spacial score (nSPS) is 9.83. The number of aromatic nitrogens is 2. The molecule has 0 fully saturated rings. The summed E-state index contributed by atoms with van der Waals surface area (Å²) < 4.78 is 17.2. The van der Waals surface area contributed by atoms with Crippen LogP contribution in [0.2, 0.25) is 0 Å². The zero-order chi connectivity index (χ0) is 17.7. The molecule has 0 amide bonds. The van der Waals surface area contributed by atoms with Crippen LogP contribution in [0.15, 0.2) is 27.9 Å². The van der Waals surface area contributed by atoms with Gasteiger partial charge in [0.05, 0.1) is 27.9 Å². The fourth-order valence-electron chi connectivity index (χ4n) is 2.19. The lowest BCUT2D eigenvalue weighted by atomic mass is 10.1. The molecule has 0 bridgehead atoms. The molecule has 2 rings (SSSR count). The molecule has 1 aromatic carbocycles. The third-order valence-electron chi connectivity index (χ3n) is 3.27. The first-order valence-electron chi connectivity index (χ1n) is 6.78. The van der Waals surface area contributed by atoms with Crippen LogP contribution in [0.5, 0.6) is 17.2 Å². The van der Waals surface area contributed by atoms with Crippen LogP contribution in [0.4, 0.5) is 0 Å². The smallest absolute Gasteiger partial charge is 0.328 e. The number of benzene rings is 1. The Morgan fingerprint density at radius 1 is 1.12 bits per heavy atom. The highest BCUT2D eigenvalue weighted by Crippen LogP contribution is 2.38. The number of hydrogen-bond donors (Lipinski definition) is 1. The summed E-state index contributed by atoms with van der Waals surface area (Å²) in [7, 11) is 4.53. The van der Waals surface area contributed by atoms with Crippen molar-refractivity contribution in [2.45, 2.75) is 6.54 Å². The summed E-state index contributed by atoms with van der Waals surface area (Å²) in [6.45, 7) is 0.198. The minimum atomic E-state index is -0.534. The van der Waals surface area contributed by atoms with Crippen molar-refractivity contribution in [3.05, 3.63) is 50.3 Å². The van der Waals surface area contributed by atoms with E-state index in [-0.39, 0.29) is 12.1 Å². The van der Waals surface area contributed by atoms with Crippen LogP contribution >= 0.6 is 15.9 Å². The summed E-state index contributed by atoms with van der Waals surface area (Å²) >= 11 is 2.94. The maximum atomic E-state index is 12.0. The first-order valence-corrected chi connectivity index (χ1v) is 7.57. The van der Waals surface area contributed by atoms with Crippen molar-refractivity contribution in [2.24, 2.45) is 0 Å². The van der Waals surface area contributed by atoms with Gasteiger partial charge in [0.25, 0.3) is 5.56 Å². The van der Waals surface area contributed by atoms with Gasteiger partial charge in [0, 0.05) is 22.1 Å². The van der Waals surface area contributed by atoms with Crippen LogP contribution < -0.4 is 25.5 Å². The molecule has 2 aromatic rings. The van der Waals surface area contributed by atoms with Gasteiger partial charge < -0.3 is 14.2 Å². The molecule has 0 spiro atoms. The van der Waals surface area contributed by atoms with Gasteiger partial charge in [-0.25, -0.2) is 4.79 Å². The number of methoxy groups -OCH3 is 3. The predicted octanol–water partition coefficient (Wildman–Crippen LogP) is 1.31. The second kappa shape index (κ2) is 7.75. The first-order chi connectivity index (χ1) is 11.5. The Morgan fingerprint density at radius 2 is 1.75 bits per heavy atom. The molecular weight excluding hydrogens is 380 g/mol. The lowest BCUT2D eigenvalue weighted by molar-refractivity contribution is 0.323. The highest BCUT2D eigenvalue weighted by Gasteiger charge is 2.14. The van der Waals surface area contributed by atoms with Crippen molar-refractivity contribution >= 4 is 15.9 Å². The second-order valence-electron chi connectivity index (χ2n) is 4.68. The van der Waals surface area contributed by atoms with E-state index < -0.39 is 11.2 Å². The van der Waals surface area contributed by atoms with Crippen LogP contribution in [0.1, 0.15) is 11.1 Å². The lowest BCUT2D eigenvalue weighted by Crippen LogP contribution is -2.31. The van der Waals surface area contributed by atoms with Crippen molar-refractivity contribution in [3.8, 4) is 28.0 Å². The summed E-state index contributed by atoms with van der Waals surface area (Å²) in [6, 6.07) is 3.46. The Morgan fingerprint density at radius 3 is 2.25 bits per heavy atom. The number of ether oxygens (including phenoxy) is 3. The molecule has 0 saturated carbocycles. The van der Waals surface area contributed by atoms with Gasteiger partial charge in [-0.3, -0.25) is 14.3 Å². The van der Waals surface area contributed by atoms with Gasteiger partial charge in [-0.2, -0.15) is 0 Å². The molecule has 0 radical (unpaired) electrons. The summed E-state index contributed by atoms with van der Waals surface area (Å²) in [5.74, 6) is 4.00. The number of nitrogens with one attached hydrogen (secondary N) is 1. The van der Waals surface area contributed by atoms with Gasteiger partial charge in [-0.1, -0.05) is 0 Å². The van der Waals surface area contributed by atoms with Gasteiger partial charge in [-0.05, 0) is 28.4 Å². The number of halogens is 1. The molecule has 0 unspecified atom stereocenters. The molecule has 0 atom stereocenters. The molecular formula is C16H15BrN2O5. The van der Waals surface area contributed by atoms with Gasteiger partial charge >= 0.3 is 5.69 Å². The third kappa shape index (κ3) is 3.63. The van der Waals surface area contributed by atoms with Gasteiger partial charge in [0.1, 0.15) is 5.56 Å². The predicted molar refractivity (Wildman–Crippen MR) is 92.3 cm³/mol. The van der Waals surface area contributed by atoms with Gasteiger partial charge in [0.2, 0.25) is 5.75 Å². The van der Waals surface area contributed by atoms with E-state index in [2.05, 4.69) is 31.7 Å². The summed E-state index contributed by atoms with van der Waals surface area (Å²) in [4.78, 5) is 28.4. The average Bonchev–Trinajstić information content (AvgIpc) is 2.58. The highest BCUT2D eigenvalue weighted by molar-refractivity contribution is 9.12. The summed E-state index contributed by atoms with van der Waals surface area (Å²) in [5, 5.41) is 0. The Labute approximate surface area is 146 Å². The van der Waals surface area contributed by atoms with E-state index in [1.54, 1.807) is 12.1 Å². The molecule has 24 heavy (non-hydrogen) atoms. The Hall–Kier alpha value is -2.66. The quantitative estimate of drug-likeness (QED) is 0.773. The molecule has 1 N–H and O–H groups in total. The molecule has 1 heterocycles. The van der Waals surface area contributed by atoms with E-state index in [1.807, 2.05) is 0 Å². The topological polar surface area (TPSA) is 82.6 Å². The van der Waals surface area contributed by atoms with Crippen LogP contribution in [0.3, 0.4) is 0 Å². The monoisotopic (exact) mass is 394 g/mol. The summed E-state index contributed by atoms with van der Waals surface area (Å²) in [5.41, 5.74) is -0.155. The maximum absolute atomic E-state index is 12.0. The molecule has 1 aromatic heterocycles. The Bertz CT molecular complexity index is 896. The van der Waals surface area contributed by atoms with Crippen molar-refractivity contribution in [3.63, 3.8) is 0 Å². The molecule has 0 aliphatic carbocycles. The van der Waals surface area contributed by atoms with Crippen molar-refractivity contribution in [2.75, 3.05) is 21.3 Å². The van der Waals surface area contributed by atoms with Crippen molar-refractivity contribution in [1.29, 1.82) is 0 Å². The molecule has 8 heteroatoms. The van der Waals surface area contributed by atoms with Crippen LogP contribution in [-0.4, -0.2) is 30.9 Å². The highest BCUT2D eigenvalue weighted by atomic mass is 79.9. The number of nitrogens with zero attached hydrogens (tertiary/aromatic N) is 1. The molecule has 0 saturated heterocycles. The number of hydrogen-bond acceptors (Lipinski definition) is 5. The van der Waals surface area contributed by atoms with E-state index in [4.69, 9.17) is 14.2 Å².